The van der Waals surface area contributed by atoms with Crippen LogP contribution in [0.25, 0.3) is 0 Å². The summed E-state index contributed by atoms with van der Waals surface area (Å²) >= 11 is 1.74. The Bertz CT molecular complexity index is 465. The highest BCUT2D eigenvalue weighted by Gasteiger charge is 2.17. The first-order valence-electron chi connectivity index (χ1n) is 7.68. The van der Waals surface area contributed by atoms with Crippen molar-refractivity contribution in [3.05, 3.63) is 15.6 Å². The molecule has 1 fully saturated rings. The number of hydrogen-bond acceptors (Lipinski definition) is 4. The number of thiazole rings is 1. The number of nitrogens with zero attached hydrogens (tertiary/aromatic N) is 3. The first-order valence-corrected chi connectivity index (χ1v) is 8.49. The van der Waals surface area contributed by atoms with E-state index in [0.29, 0.717) is 12.3 Å². The predicted molar refractivity (Wildman–Crippen MR) is 84.1 cm³/mol. The molecule has 0 amide bonds. The van der Waals surface area contributed by atoms with Gasteiger partial charge in [0.25, 0.3) is 0 Å². The summed E-state index contributed by atoms with van der Waals surface area (Å²) in [6.07, 6.45) is 4.19. The maximum Gasteiger partial charge on any atom is 0.0944 e. The van der Waals surface area contributed by atoms with Gasteiger partial charge in [0.1, 0.15) is 0 Å². The summed E-state index contributed by atoms with van der Waals surface area (Å²) in [5.74, 6) is 1.31. The van der Waals surface area contributed by atoms with Crippen LogP contribution in [0.1, 0.15) is 55.1 Å². The molecular formula is C16H25N3S. The molecule has 2 rings (SSSR count). The van der Waals surface area contributed by atoms with Crippen LogP contribution in [-0.4, -0.2) is 29.5 Å². The number of nitriles is 1. The van der Waals surface area contributed by atoms with Crippen molar-refractivity contribution in [3.8, 4) is 6.07 Å². The van der Waals surface area contributed by atoms with E-state index < -0.39 is 0 Å². The Kier molecular flexibility index (Phi) is 5.56. The zero-order chi connectivity index (χ0) is 14.5. The summed E-state index contributed by atoms with van der Waals surface area (Å²) in [4.78, 5) is 8.50. The minimum Gasteiger partial charge on any atom is -0.303 e. The van der Waals surface area contributed by atoms with E-state index in [9.17, 15) is 0 Å². The van der Waals surface area contributed by atoms with Gasteiger partial charge in [-0.2, -0.15) is 5.26 Å². The molecule has 0 radical (unpaired) electrons. The molecule has 1 aromatic rings. The number of rotatable bonds is 5. The monoisotopic (exact) mass is 291 g/mol. The molecule has 1 aliphatic heterocycles. The number of hydrogen-bond donors (Lipinski definition) is 0. The first kappa shape index (κ1) is 15.5. The highest BCUT2D eigenvalue weighted by Crippen LogP contribution is 2.26. The Hall–Kier alpha value is -0.920. The second-order valence-electron chi connectivity index (χ2n) is 6.18. The summed E-state index contributed by atoms with van der Waals surface area (Å²) in [5, 5.41) is 10.1. The number of likely N-dealkylation sites (tertiary alicyclic amines) is 1. The zero-order valence-electron chi connectivity index (χ0n) is 12.9. The normalized spacial score (nSPS) is 17.6. The minimum absolute atomic E-state index is 0.416. The molecule has 20 heavy (non-hydrogen) atoms. The van der Waals surface area contributed by atoms with Crippen LogP contribution in [0, 0.1) is 17.2 Å². The van der Waals surface area contributed by atoms with E-state index in [2.05, 4.69) is 31.7 Å². The largest absolute Gasteiger partial charge is 0.303 e. The van der Waals surface area contributed by atoms with Crippen LogP contribution in [0.2, 0.25) is 0 Å². The van der Waals surface area contributed by atoms with Crippen molar-refractivity contribution in [2.24, 2.45) is 5.92 Å². The van der Waals surface area contributed by atoms with E-state index in [-0.39, 0.29) is 0 Å². The van der Waals surface area contributed by atoms with Gasteiger partial charge < -0.3 is 4.90 Å². The van der Waals surface area contributed by atoms with E-state index in [4.69, 9.17) is 10.2 Å². The molecule has 0 N–H and O–H groups in total. The van der Waals surface area contributed by atoms with Gasteiger partial charge in [-0.15, -0.1) is 11.3 Å². The third kappa shape index (κ3) is 4.04. The van der Waals surface area contributed by atoms with Gasteiger partial charge in [-0.05, 0) is 37.8 Å². The third-order valence-corrected chi connectivity index (χ3v) is 5.21. The summed E-state index contributed by atoms with van der Waals surface area (Å²) in [6, 6.07) is 2.26. The van der Waals surface area contributed by atoms with E-state index in [1.54, 1.807) is 11.3 Å². The maximum atomic E-state index is 8.91. The van der Waals surface area contributed by atoms with Gasteiger partial charge in [0.15, 0.2) is 0 Å². The molecule has 110 valence electrons. The summed E-state index contributed by atoms with van der Waals surface area (Å²) in [5.41, 5.74) is 1.14. The molecule has 0 aliphatic carbocycles. The summed E-state index contributed by atoms with van der Waals surface area (Å²) in [7, 11) is 0. The fourth-order valence-corrected chi connectivity index (χ4v) is 3.85. The van der Waals surface area contributed by atoms with E-state index in [1.165, 1.54) is 35.8 Å². The number of piperidine rings is 1. The summed E-state index contributed by atoms with van der Waals surface area (Å²) < 4.78 is 0. The molecule has 0 aromatic carbocycles. The minimum atomic E-state index is 0.416. The van der Waals surface area contributed by atoms with E-state index in [1.807, 2.05) is 0 Å². The van der Waals surface area contributed by atoms with Crippen LogP contribution < -0.4 is 0 Å². The zero-order valence-corrected chi connectivity index (χ0v) is 13.7. The molecular weight excluding hydrogens is 266 g/mol. The molecule has 0 atom stereocenters. The van der Waals surface area contributed by atoms with Crippen LogP contribution in [0.15, 0.2) is 0 Å². The Labute approximate surface area is 126 Å². The molecule has 0 spiro atoms. The Morgan fingerprint density at radius 2 is 2.10 bits per heavy atom. The van der Waals surface area contributed by atoms with Crippen molar-refractivity contribution in [2.45, 2.75) is 52.4 Å². The topological polar surface area (TPSA) is 39.9 Å². The van der Waals surface area contributed by atoms with Gasteiger partial charge in [-0.3, -0.25) is 0 Å². The number of aromatic nitrogens is 1. The van der Waals surface area contributed by atoms with Crippen LogP contribution >= 0.6 is 11.3 Å². The van der Waals surface area contributed by atoms with Crippen molar-refractivity contribution in [1.29, 1.82) is 5.26 Å². The van der Waals surface area contributed by atoms with Gasteiger partial charge in [0.2, 0.25) is 0 Å². The molecule has 1 aliphatic rings. The van der Waals surface area contributed by atoms with Crippen molar-refractivity contribution < 1.29 is 0 Å². The fourth-order valence-electron chi connectivity index (χ4n) is 2.71. The molecule has 1 saturated heterocycles. The van der Waals surface area contributed by atoms with Crippen LogP contribution in [0.4, 0.5) is 0 Å². The predicted octanol–water partition coefficient (Wildman–Crippen LogP) is 3.61. The lowest BCUT2D eigenvalue weighted by molar-refractivity contribution is 0.194. The average Bonchev–Trinajstić information content (AvgIpc) is 2.82. The first-order chi connectivity index (χ1) is 9.60. The maximum absolute atomic E-state index is 8.91. The molecule has 0 unspecified atom stereocenters. The lowest BCUT2D eigenvalue weighted by Gasteiger charge is -2.29. The second-order valence-corrected chi connectivity index (χ2v) is 7.35. The van der Waals surface area contributed by atoms with Crippen molar-refractivity contribution in [2.75, 3.05) is 19.6 Å². The second kappa shape index (κ2) is 7.19. The van der Waals surface area contributed by atoms with Gasteiger partial charge in [-0.1, -0.05) is 20.8 Å². The average molecular weight is 291 g/mol. The van der Waals surface area contributed by atoms with E-state index in [0.717, 1.165) is 24.6 Å². The van der Waals surface area contributed by atoms with Crippen molar-refractivity contribution in [1.82, 2.24) is 9.88 Å². The molecule has 0 saturated carbocycles. The van der Waals surface area contributed by atoms with E-state index >= 15 is 0 Å². The standard InChI is InChI=1S/C16H25N3S/c1-12(2)16-14(4-8-17)20-15(18-16)7-11-19-9-5-13(3)6-10-19/h12-13H,4-7,9-11H2,1-3H3. The van der Waals surface area contributed by atoms with Crippen LogP contribution in [0.5, 0.6) is 0 Å². The fraction of sp³-hybridized carbons (Fsp3) is 0.750. The molecule has 3 nitrogen and oxygen atoms in total. The quantitative estimate of drug-likeness (QED) is 0.832. The highest BCUT2D eigenvalue weighted by molar-refractivity contribution is 7.11. The van der Waals surface area contributed by atoms with Gasteiger partial charge >= 0.3 is 0 Å². The van der Waals surface area contributed by atoms with Gasteiger partial charge in [0, 0.05) is 17.8 Å². The Balaban J connectivity index is 1.93. The molecule has 4 heteroatoms. The van der Waals surface area contributed by atoms with Crippen molar-refractivity contribution >= 4 is 11.3 Å². The summed E-state index contributed by atoms with van der Waals surface area (Å²) in [6.45, 7) is 10.2. The lowest BCUT2D eigenvalue weighted by atomic mass is 9.99. The smallest absolute Gasteiger partial charge is 0.0944 e. The van der Waals surface area contributed by atoms with Gasteiger partial charge in [-0.25, -0.2) is 4.98 Å². The van der Waals surface area contributed by atoms with Crippen molar-refractivity contribution in [3.63, 3.8) is 0 Å². The van der Waals surface area contributed by atoms with Gasteiger partial charge in [0.05, 0.1) is 23.2 Å². The SMILES string of the molecule is CC1CCN(CCc2nc(C(C)C)c(CC#N)s2)CC1. The highest BCUT2D eigenvalue weighted by atomic mass is 32.1. The Morgan fingerprint density at radius 3 is 2.70 bits per heavy atom. The third-order valence-electron chi connectivity index (χ3n) is 4.08. The molecule has 0 bridgehead atoms. The molecule has 2 heterocycles. The Morgan fingerprint density at radius 1 is 1.40 bits per heavy atom. The van der Waals surface area contributed by atoms with Crippen LogP contribution in [-0.2, 0) is 12.8 Å². The molecule has 1 aromatic heterocycles. The lowest BCUT2D eigenvalue weighted by Crippen LogP contribution is -2.34. The van der Waals surface area contributed by atoms with Crippen LogP contribution in [0.3, 0.4) is 0 Å².